The van der Waals surface area contributed by atoms with E-state index in [9.17, 15) is 4.79 Å². The summed E-state index contributed by atoms with van der Waals surface area (Å²) in [5.74, 6) is 0.512. The molecule has 1 aliphatic rings. The van der Waals surface area contributed by atoms with Gasteiger partial charge in [0.2, 0.25) is 11.9 Å². The van der Waals surface area contributed by atoms with Gasteiger partial charge in [-0.2, -0.15) is 4.98 Å². The third kappa shape index (κ3) is 2.50. The average Bonchev–Trinajstić information content (AvgIpc) is 2.89. The molecule has 6 heteroatoms. The highest BCUT2D eigenvalue weighted by Gasteiger charge is 2.23. The fraction of sp³-hybridized carbons (Fsp3) is 0.700. The van der Waals surface area contributed by atoms with Gasteiger partial charge in [-0.05, 0) is 19.8 Å². The standard InChI is InChI=1S/C10H16N4O2/c1-2-16-10-12-9(13-14-10)11-8(15)7-5-3-4-6-7/h7H,2-6H2,1H3,(H2,11,12,13,14,15). The van der Waals surface area contributed by atoms with Gasteiger partial charge in [-0.15, -0.1) is 5.10 Å². The van der Waals surface area contributed by atoms with Crippen LogP contribution < -0.4 is 10.1 Å². The summed E-state index contributed by atoms with van der Waals surface area (Å²) in [6, 6.07) is 0.268. The molecule has 1 saturated carbocycles. The van der Waals surface area contributed by atoms with Crippen molar-refractivity contribution in [1.82, 2.24) is 15.2 Å². The number of H-pyrrole nitrogens is 1. The van der Waals surface area contributed by atoms with Gasteiger partial charge in [0.05, 0.1) is 6.61 Å². The van der Waals surface area contributed by atoms with Crippen LogP contribution in [0.25, 0.3) is 0 Å². The van der Waals surface area contributed by atoms with E-state index in [1.165, 1.54) is 0 Å². The zero-order chi connectivity index (χ0) is 11.4. The second-order valence-corrected chi connectivity index (χ2v) is 3.87. The second kappa shape index (κ2) is 4.96. The second-order valence-electron chi connectivity index (χ2n) is 3.87. The maximum Gasteiger partial charge on any atom is 0.337 e. The van der Waals surface area contributed by atoms with Crippen molar-refractivity contribution in [3.63, 3.8) is 0 Å². The van der Waals surface area contributed by atoms with Crippen LogP contribution in [0, 0.1) is 5.92 Å². The SMILES string of the molecule is CCOc1n[nH]c(NC(=O)C2CCCC2)n1. The van der Waals surface area contributed by atoms with Crippen molar-refractivity contribution in [3.8, 4) is 6.01 Å². The lowest BCUT2D eigenvalue weighted by molar-refractivity contribution is -0.119. The lowest BCUT2D eigenvalue weighted by atomic mass is 10.1. The Hall–Kier alpha value is -1.59. The molecule has 0 unspecified atom stereocenters. The fourth-order valence-corrected chi connectivity index (χ4v) is 1.90. The molecule has 0 saturated heterocycles. The first kappa shape index (κ1) is 10.9. The van der Waals surface area contributed by atoms with Gasteiger partial charge in [0.15, 0.2) is 0 Å². The largest absolute Gasteiger partial charge is 0.463 e. The lowest BCUT2D eigenvalue weighted by Crippen LogP contribution is -2.20. The van der Waals surface area contributed by atoms with Gasteiger partial charge in [0, 0.05) is 5.92 Å². The van der Waals surface area contributed by atoms with Crippen molar-refractivity contribution in [2.24, 2.45) is 5.92 Å². The van der Waals surface area contributed by atoms with Crippen LogP contribution in [0.1, 0.15) is 32.6 Å². The summed E-state index contributed by atoms with van der Waals surface area (Å²) in [4.78, 5) is 15.7. The highest BCUT2D eigenvalue weighted by atomic mass is 16.5. The number of nitrogens with zero attached hydrogens (tertiary/aromatic N) is 2. The van der Waals surface area contributed by atoms with Gasteiger partial charge in [-0.3, -0.25) is 10.1 Å². The first-order valence-electron chi connectivity index (χ1n) is 5.65. The number of anilines is 1. The summed E-state index contributed by atoms with van der Waals surface area (Å²) >= 11 is 0. The lowest BCUT2D eigenvalue weighted by Gasteiger charge is -2.06. The van der Waals surface area contributed by atoms with E-state index < -0.39 is 0 Å². The molecular formula is C10H16N4O2. The number of ether oxygens (including phenoxy) is 1. The number of aromatic amines is 1. The molecule has 0 bridgehead atoms. The first-order chi connectivity index (χ1) is 7.79. The van der Waals surface area contributed by atoms with Gasteiger partial charge >= 0.3 is 6.01 Å². The van der Waals surface area contributed by atoms with Crippen LogP contribution in [0.15, 0.2) is 0 Å². The van der Waals surface area contributed by atoms with Gasteiger partial charge in [0.1, 0.15) is 0 Å². The van der Waals surface area contributed by atoms with Crippen molar-refractivity contribution in [3.05, 3.63) is 0 Å². The summed E-state index contributed by atoms with van der Waals surface area (Å²) < 4.78 is 5.09. The molecule has 1 heterocycles. The van der Waals surface area contributed by atoms with Crippen LogP contribution >= 0.6 is 0 Å². The van der Waals surface area contributed by atoms with Crippen LogP contribution in [0.2, 0.25) is 0 Å². The Morgan fingerprint density at radius 1 is 1.56 bits per heavy atom. The molecule has 2 rings (SSSR count). The number of carbonyl (C=O) groups excluding carboxylic acids is 1. The minimum atomic E-state index is 0.0247. The van der Waals surface area contributed by atoms with Crippen molar-refractivity contribution < 1.29 is 9.53 Å². The molecule has 1 fully saturated rings. The monoisotopic (exact) mass is 224 g/mol. The van der Waals surface area contributed by atoms with Crippen molar-refractivity contribution in [2.45, 2.75) is 32.6 Å². The van der Waals surface area contributed by atoms with Gasteiger partial charge in [-0.1, -0.05) is 12.8 Å². The van der Waals surface area contributed by atoms with Gasteiger partial charge in [0.25, 0.3) is 0 Å². The van der Waals surface area contributed by atoms with Crippen molar-refractivity contribution in [1.29, 1.82) is 0 Å². The quantitative estimate of drug-likeness (QED) is 0.808. The summed E-state index contributed by atoms with van der Waals surface area (Å²) in [7, 11) is 0. The third-order valence-electron chi connectivity index (χ3n) is 2.71. The molecule has 0 aromatic carbocycles. The molecule has 1 aromatic rings. The zero-order valence-electron chi connectivity index (χ0n) is 9.32. The van der Waals surface area contributed by atoms with Crippen molar-refractivity contribution >= 4 is 11.9 Å². The van der Waals surface area contributed by atoms with E-state index >= 15 is 0 Å². The Morgan fingerprint density at radius 3 is 3.00 bits per heavy atom. The van der Waals surface area contributed by atoms with E-state index in [4.69, 9.17) is 4.74 Å². The number of nitrogens with one attached hydrogen (secondary N) is 2. The minimum Gasteiger partial charge on any atom is -0.463 e. The van der Waals surface area contributed by atoms with Crippen LogP contribution in [0.5, 0.6) is 6.01 Å². The molecule has 0 atom stereocenters. The van der Waals surface area contributed by atoms with Gasteiger partial charge in [-0.25, -0.2) is 5.10 Å². The highest BCUT2D eigenvalue weighted by Crippen LogP contribution is 2.25. The van der Waals surface area contributed by atoms with Crippen LogP contribution in [-0.4, -0.2) is 27.7 Å². The Morgan fingerprint density at radius 2 is 2.31 bits per heavy atom. The maximum atomic E-state index is 11.7. The smallest absolute Gasteiger partial charge is 0.337 e. The number of aromatic nitrogens is 3. The third-order valence-corrected chi connectivity index (χ3v) is 2.71. The topological polar surface area (TPSA) is 79.9 Å². The van der Waals surface area contributed by atoms with E-state index in [2.05, 4.69) is 20.5 Å². The van der Waals surface area contributed by atoms with E-state index in [1.54, 1.807) is 0 Å². The van der Waals surface area contributed by atoms with E-state index in [1.807, 2.05) is 6.92 Å². The predicted octanol–water partition coefficient (Wildman–Crippen LogP) is 1.33. The normalized spacial score (nSPS) is 16.3. The first-order valence-corrected chi connectivity index (χ1v) is 5.65. The van der Waals surface area contributed by atoms with Crippen LogP contribution in [0.4, 0.5) is 5.95 Å². The van der Waals surface area contributed by atoms with Crippen LogP contribution in [-0.2, 0) is 4.79 Å². The molecule has 6 nitrogen and oxygen atoms in total. The molecule has 2 N–H and O–H groups in total. The molecule has 0 spiro atoms. The molecule has 1 aromatic heterocycles. The number of carbonyl (C=O) groups is 1. The highest BCUT2D eigenvalue weighted by molar-refractivity contribution is 5.91. The Balaban J connectivity index is 1.89. The summed E-state index contributed by atoms with van der Waals surface area (Å²) in [5, 5.41) is 9.15. The summed E-state index contributed by atoms with van der Waals surface area (Å²) in [6.07, 6.45) is 4.22. The number of amides is 1. The summed E-state index contributed by atoms with van der Waals surface area (Å²) in [5.41, 5.74) is 0. The van der Waals surface area contributed by atoms with E-state index in [-0.39, 0.29) is 17.8 Å². The van der Waals surface area contributed by atoms with Crippen LogP contribution in [0.3, 0.4) is 0 Å². The molecule has 0 aliphatic heterocycles. The number of hydrogen-bond donors (Lipinski definition) is 2. The molecule has 0 radical (unpaired) electrons. The predicted molar refractivity (Wildman–Crippen MR) is 58.1 cm³/mol. The Labute approximate surface area is 93.8 Å². The maximum absolute atomic E-state index is 11.7. The minimum absolute atomic E-state index is 0.0247. The van der Waals surface area contributed by atoms with E-state index in [0.29, 0.717) is 12.6 Å². The van der Waals surface area contributed by atoms with E-state index in [0.717, 1.165) is 25.7 Å². The van der Waals surface area contributed by atoms with Gasteiger partial charge < -0.3 is 4.74 Å². The zero-order valence-corrected chi connectivity index (χ0v) is 9.32. The average molecular weight is 224 g/mol. The summed E-state index contributed by atoms with van der Waals surface area (Å²) in [6.45, 7) is 2.36. The molecule has 1 amide bonds. The number of rotatable bonds is 4. The Kier molecular flexibility index (Phi) is 3.38. The number of hydrogen-bond acceptors (Lipinski definition) is 4. The molecule has 88 valence electrons. The fourth-order valence-electron chi connectivity index (χ4n) is 1.90. The molecule has 1 aliphatic carbocycles. The Bertz CT molecular complexity index is 357. The van der Waals surface area contributed by atoms with Crippen molar-refractivity contribution in [2.75, 3.05) is 11.9 Å². The molecular weight excluding hydrogens is 208 g/mol. The molecule has 16 heavy (non-hydrogen) atoms.